The number of nitrogens with one attached hydrogen (secondary N) is 1. The number of methoxy groups -OCH3 is 1. The Morgan fingerprint density at radius 3 is 2.49 bits per heavy atom. The van der Waals surface area contributed by atoms with E-state index in [0.29, 0.717) is 37.7 Å². The maximum Gasteiger partial charge on any atom is 0.253 e. The molecule has 0 saturated carbocycles. The Hall–Kier alpha value is -4.54. The highest BCUT2D eigenvalue weighted by molar-refractivity contribution is 5.81. The van der Waals surface area contributed by atoms with E-state index in [2.05, 4.69) is 25.4 Å². The normalized spacial score (nSPS) is 13.3. The second kappa shape index (κ2) is 10.2. The molecule has 4 heterocycles. The Bertz CT molecular complexity index is 1470. The number of rotatable bonds is 8. The monoisotopic (exact) mass is 500 g/mol. The van der Waals surface area contributed by atoms with E-state index in [0.717, 1.165) is 28.5 Å². The lowest BCUT2D eigenvalue weighted by atomic mass is 9.99. The van der Waals surface area contributed by atoms with Gasteiger partial charge in [0.2, 0.25) is 5.91 Å². The minimum Gasteiger partial charge on any atom is -0.497 e. The molecule has 1 aliphatic rings. The summed E-state index contributed by atoms with van der Waals surface area (Å²) in [5.41, 5.74) is 3.16. The molecule has 0 unspecified atom stereocenters. The molecule has 0 atom stereocenters. The first kappa shape index (κ1) is 24.2. The zero-order valence-electron chi connectivity index (χ0n) is 21.0. The smallest absolute Gasteiger partial charge is 0.253 e. The number of hydrogen-bond donors (Lipinski definition) is 1. The van der Waals surface area contributed by atoms with Crippen molar-refractivity contribution in [3.8, 4) is 22.8 Å². The van der Waals surface area contributed by atoms with Gasteiger partial charge in [0, 0.05) is 49.6 Å². The highest BCUT2D eigenvalue weighted by atomic mass is 16.5. The van der Waals surface area contributed by atoms with Gasteiger partial charge < -0.3 is 15.0 Å². The summed E-state index contributed by atoms with van der Waals surface area (Å²) in [6.07, 6.45) is 3.02. The SMILES string of the molecule is COc1ccc(-c2cc(=O)n(CCNC(=O)C3CN(c4cc(-n5nc(C)cc5C)ncn4)C3)cn2)cc1. The van der Waals surface area contributed by atoms with Crippen LogP contribution in [0.3, 0.4) is 0 Å². The number of carbonyl (C=O) groups excluding carboxylic acids is 1. The molecule has 11 heteroatoms. The Morgan fingerprint density at radius 1 is 1.05 bits per heavy atom. The molecule has 0 spiro atoms. The summed E-state index contributed by atoms with van der Waals surface area (Å²) >= 11 is 0. The summed E-state index contributed by atoms with van der Waals surface area (Å²) in [5.74, 6) is 2.01. The van der Waals surface area contributed by atoms with Gasteiger partial charge in [0.15, 0.2) is 5.82 Å². The van der Waals surface area contributed by atoms with E-state index in [1.165, 1.54) is 23.3 Å². The minimum atomic E-state index is -0.174. The first-order valence-electron chi connectivity index (χ1n) is 12.0. The van der Waals surface area contributed by atoms with Gasteiger partial charge >= 0.3 is 0 Å². The largest absolute Gasteiger partial charge is 0.497 e. The summed E-state index contributed by atoms with van der Waals surface area (Å²) < 4.78 is 8.43. The summed E-state index contributed by atoms with van der Waals surface area (Å²) in [5, 5.41) is 7.39. The molecule has 0 aliphatic carbocycles. The molecule has 1 aromatic carbocycles. The van der Waals surface area contributed by atoms with Crippen molar-refractivity contribution < 1.29 is 9.53 Å². The van der Waals surface area contributed by atoms with Crippen LogP contribution in [0.25, 0.3) is 17.1 Å². The Balaban J connectivity index is 1.12. The van der Waals surface area contributed by atoms with E-state index in [-0.39, 0.29) is 17.4 Å². The maximum absolute atomic E-state index is 12.6. The van der Waals surface area contributed by atoms with Crippen molar-refractivity contribution in [2.24, 2.45) is 5.92 Å². The third-order valence-electron chi connectivity index (χ3n) is 6.36. The fourth-order valence-corrected chi connectivity index (χ4v) is 4.28. The first-order valence-corrected chi connectivity index (χ1v) is 12.0. The first-order chi connectivity index (χ1) is 17.9. The molecule has 1 amide bonds. The summed E-state index contributed by atoms with van der Waals surface area (Å²) in [4.78, 5) is 40.2. The standard InChI is InChI=1S/C26H28N8O3/c1-17-10-18(2)34(31-17)24-12-23(28-15-29-24)33-13-20(14-33)26(36)27-8-9-32-16-30-22(11-25(32)35)19-4-6-21(37-3)7-5-19/h4-7,10-12,15-16,20H,8-9,13-14H2,1-3H3,(H,27,36). The second-order valence-corrected chi connectivity index (χ2v) is 9.00. The van der Waals surface area contributed by atoms with Gasteiger partial charge in [-0.25, -0.2) is 19.6 Å². The van der Waals surface area contributed by atoms with Crippen LogP contribution in [0.5, 0.6) is 5.75 Å². The highest BCUT2D eigenvalue weighted by Gasteiger charge is 2.33. The van der Waals surface area contributed by atoms with Crippen molar-refractivity contribution in [2.45, 2.75) is 20.4 Å². The lowest BCUT2D eigenvalue weighted by molar-refractivity contribution is -0.125. The number of benzene rings is 1. The number of ether oxygens (including phenoxy) is 1. The Morgan fingerprint density at radius 2 is 1.81 bits per heavy atom. The van der Waals surface area contributed by atoms with Gasteiger partial charge in [-0.15, -0.1) is 0 Å². The number of carbonyl (C=O) groups is 1. The van der Waals surface area contributed by atoms with Crippen LogP contribution in [0.4, 0.5) is 5.82 Å². The summed E-state index contributed by atoms with van der Waals surface area (Å²) in [7, 11) is 1.60. The van der Waals surface area contributed by atoms with Crippen LogP contribution >= 0.6 is 0 Å². The molecule has 0 bridgehead atoms. The van der Waals surface area contributed by atoms with Crippen molar-refractivity contribution in [3.63, 3.8) is 0 Å². The lowest BCUT2D eigenvalue weighted by Gasteiger charge is -2.39. The van der Waals surface area contributed by atoms with Gasteiger partial charge in [-0.1, -0.05) is 0 Å². The number of anilines is 1. The van der Waals surface area contributed by atoms with Crippen LogP contribution in [-0.2, 0) is 11.3 Å². The van der Waals surface area contributed by atoms with Gasteiger partial charge in [0.1, 0.15) is 17.9 Å². The highest BCUT2D eigenvalue weighted by Crippen LogP contribution is 2.24. The van der Waals surface area contributed by atoms with Gasteiger partial charge in [0.25, 0.3) is 5.56 Å². The van der Waals surface area contributed by atoms with Crippen LogP contribution < -0.4 is 20.5 Å². The molecule has 1 fully saturated rings. The van der Waals surface area contributed by atoms with Crippen molar-refractivity contribution >= 4 is 11.7 Å². The zero-order chi connectivity index (χ0) is 25.9. The van der Waals surface area contributed by atoms with Crippen molar-refractivity contribution in [1.29, 1.82) is 0 Å². The topological polar surface area (TPSA) is 120 Å². The van der Waals surface area contributed by atoms with Crippen molar-refractivity contribution in [3.05, 3.63) is 76.9 Å². The van der Waals surface area contributed by atoms with Crippen LogP contribution in [0, 0.1) is 19.8 Å². The third kappa shape index (κ3) is 5.20. The number of amides is 1. The molecular formula is C26H28N8O3. The molecule has 3 aromatic heterocycles. The summed E-state index contributed by atoms with van der Waals surface area (Å²) in [6, 6.07) is 12.7. The predicted molar refractivity (Wildman–Crippen MR) is 138 cm³/mol. The molecule has 4 aromatic rings. The molecular weight excluding hydrogens is 472 g/mol. The molecule has 1 saturated heterocycles. The van der Waals surface area contributed by atoms with Crippen LogP contribution in [0.15, 0.2) is 59.9 Å². The Kier molecular flexibility index (Phi) is 6.67. The third-order valence-corrected chi connectivity index (χ3v) is 6.36. The molecule has 37 heavy (non-hydrogen) atoms. The molecule has 1 aliphatic heterocycles. The lowest BCUT2D eigenvalue weighted by Crippen LogP contribution is -2.54. The van der Waals surface area contributed by atoms with Crippen molar-refractivity contribution in [2.75, 3.05) is 31.6 Å². The fourth-order valence-electron chi connectivity index (χ4n) is 4.28. The van der Waals surface area contributed by atoms with Crippen molar-refractivity contribution in [1.82, 2.24) is 34.6 Å². The summed E-state index contributed by atoms with van der Waals surface area (Å²) in [6.45, 7) is 5.73. The van der Waals surface area contributed by atoms with Gasteiger partial charge in [-0.2, -0.15) is 5.10 Å². The molecule has 190 valence electrons. The average molecular weight is 501 g/mol. The Labute approximate surface area is 213 Å². The van der Waals surface area contributed by atoms with E-state index < -0.39 is 0 Å². The zero-order valence-corrected chi connectivity index (χ0v) is 21.0. The fraction of sp³-hybridized carbons (Fsp3) is 0.308. The van der Waals surface area contributed by atoms with E-state index >= 15 is 0 Å². The number of nitrogens with zero attached hydrogens (tertiary/aromatic N) is 7. The number of hydrogen-bond acceptors (Lipinski definition) is 8. The predicted octanol–water partition coefficient (Wildman–Crippen LogP) is 1.76. The van der Waals surface area contributed by atoms with E-state index in [9.17, 15) is 9.59 Å². The minimum absolute atomic E-state index is 0.0417. The second-order valence-electron chi connectivity index (χ2n) is 9.00. The van der Waals surface area contributed by atoms with Gasteiger partial charge in [0.05, 0.1) is 30.7 Å². The van der Waals surface area contributed by atoms with E-state index in [1.54, 1.807) is 11.8 Å². The maximum atomic E-state index is 12.6. The van der Waals surface area contributed by atoms with Crippen LogP contribution in [-0.4, -0.2) is 62.0 Å². The quantitative estimate of drug-likeness (QED) is 0.389. The number of aryl methyl sites for hydroxylation is 2. The molecule has 11 nitrogen and oxygen atoms in total. The van der Waals surface area contributed by atoms with E-state index in [1.807, 2.05) is 55.1 Å². The molecule has 1 N–H and O–H groups in total. The van der Waals surface area contributed by atoms with Crippen LogP contribution in [0.1, 0.15) is 11.4 Å². The number of aromatic nitrogens is 6. The molecule has 5 rings (SSSR count). The van der Waals surface area contributed by atoms with E-state index in [4.69, 9.17) is 4.74 Å². The average Bonchev–Trinajstić information content (AvgIpc) is 3.22. The van der Waals surface area contributed by atoms with Gasteiger partial charge in [-0.3, -0.25) is 14.2 Å². The molecule has 0 radical (unpaired) electrons. The van der Waals surface area contributed by atoms with Gasteiger partial charge in [-0.05, 0) is 44.2 Å². The van der Waals surface area contributed by atoms with Crippen LogP contribution in [0.2, 0.25) is 0 Å².